The Labute approximate surface area is 99.6 Å². The Morgan fingerprint density at radius 3 is 2.94 bits per heavy atom. The molecule has 0 amide bonds. The number of aromatic nitrogens is 3. The molecule has 2 bridgehead atoms. The number of rotatable bonds is 1. The van der Waals surface area contributed by atoms with Crippen molar-refractivity contribution in [1.82, 2.24) is 15.0 Å². The van der Waals surface area contributed by atoms with E-state index < -0.39 is 0 Å². The average Bonchev–Trinajstić information content (AvgIpc) is 3.00. The summed E-state index contributed by atoms with van der Waals surface area (Å²) in [7, 11) is 0. The first kappa shape index (κ1) is 9.59. The molecule has 4 atom stereocenters. The van der Waals surface area contributed by atoms with Gasteiger partial charge in [-0.25, -0.2) is 9.97 Å². The number of nitrogens with zero attached hydrogens (tertiary/aromatic N) is 2. The van der Waals surface area contributed by atoms with Gasteiger partial charge in [-0.15, -0.1) is 0 Å². The SMILES string of the molecule is NC1C2CCC(C2)C1c1nc2ncccc2[nH]1. The van der Waals surface area contributed by atoms with Gasteiger partial charge in [0.1, 0.15) is 5.82 Å². The first-order chi connectivity index (χ1) is 8.33. The van der Waals surface area contributed by atoms with Crippen molar-refractivity contribution in [1.29, 1.82) is 0 Å². The zero-order chi connectivity index (χ0) is 11.4. The summed E-state index contributed by atoms with van der Waals surface area (Å²) in [5.41, 5.74) is 8.18. The minimum Gasteiger partial charge on any atom is -0.340 e. The highest BCUT2D eigenvalue weighted by Gasteiger charge is 2.47. The van der Waals surface area contributed by atoms with E-state index in [2.05, 4.69) is 15.0 Å². The number of nitrogens with one attached hydrogen (secondary N) is 1. The van der Waals surface area contributed by atoms with Crippen molar-refractivity contribution >= 4 is 11.2 Å². The molecule has 4 heteroatoms. The van der Waals surface area contributed by atoms with Crippen molar-refractivity contribution in [2.24, 2.45) is 17.6 Å². The summed E-state index contributed by atoms with van der Waals surface area (Å²) in [6.45, 7) is 0. The molecule has 2 aromatic rings. The number of hydrogen-bond donors (Lipinski definition) is 2. The standard InChI is InChI=1S/C13H16N4/c14-11-8-4-3-7(6-8)10(11)13-16-9-2-1-5-15-12(9)17-13/h1-2,5,7-8,10-11H,3-4,6,14H2,(H,15,16,17). The number of hydrogen-bond acceptors (Lipinski definition) is 3. The van der Waals surface area contributed by atoms with Crippen molar-refractivity contribution in [2.75, 3.05) is 0 Å². The molecule has 0 saturated heterocycles. The number of nitrogens with two attached hydrogens (primary N) is 1. The molecule has 3 N–H and O–H groups in total. The maximum absolute atomic E-state index is 6.34. The zero-order valence-corrected chi connectivity index (χ0v) is 9.63. The van der Waals surface area contributed by atoms with E-state index in [1.807, 2.05) is 12.1 Å². The van der Waals surface area contributed by atoms with Crippen LogP contribution >= 0.6 is 0 Å². The topological polar surface area (TPSA) is 67.6 Å². The van der Waals surface area contributed by atoms with Crippen LogP contribution in [0.3, 0.4) is 0 Å². The Bertz CT molecular complexity index is 526. The third-order valence-corrected chi connectivity index (χ3v) is 4.57. The van der Waals surface area contributed by atoms with E-state index >= 15 is 0 Å². The minimum atomic E-state index is 0.286. The van der Waals surface area contributed by atoms with E-state index in [-0.39, 0.29) is 6.04 Å². The van der Waals surface area contributed by atoms with Gasteiger partial charge in [-0.3, -0.25) is 0 Å². The third kappa shape index (κ3) is 1.27. The Hall–Kier alpha value is -1.42. The van der Waals surface area contributed by atoms with Gasteiger partial charge < -0.3 is 10.7 Å². The minimum absolute atomic E-state index is 0.286. The van der Waals surface area contributed by atoms with Crippen molar-refractivity contribution in [3.8, 4) is 0 Å². The van der Waals surface area contributed by atoms with Gasteiger partial charge in [0, 0.05) is 18.2 Å². The Balaban J connectivity index is 1.79. The van der Waals surface area contributed by atoms with Crippen molar-refractivity contribution in [3.63, 3.8) is 0 Å². The van der Waals surface area contributed by atoms with Crippen molar-refractivity contribution in [2.45, 2.75) is 31.2 Å². The van der Waals surface area contributed by atoms with E-state index in [1.54, 1.807) is 6.20 Å². The third-order valence-electron chi connectivity index (χ3n) is 4.57. The highest BCUT2D eigenvalue weighted by atomic mass is 15.0. The van der Waals surface area contributed by atoms with Gasteiger partial charge >= 0.3 is 0 Å². The van der Waals surface area contributed by atoms with Crippen LogP contribution in [0, 0.1) is 11.8 Å². The molecule has 88 valence electrons. The average molecular weight is 228 g/mol. The van der Waals surface area contributed by atoms with E-state index in [1.165, 1.54) is 19.3 Å². The molecule has 4 nitrogen and oxygen atoms in total. The number of imidazole rings is 1. The molecule has 2 fully saturated rings. The normalized spacial score (nSPS) is 35.8. The molecule has 0 aliphatic heterocycles. The fraction of sp³-hybridized carbons (Fsp3) is 0.538. The van der Waals surface area contributed by atoms with Crippen LogP contribution in [0.1, 0.15) is 31.0 Å². The summed E-state index contributed by atoms with van der Waals surface area (Å²) >= 11 is 0. The Morgan fingerprint density at radius 1 is 1.29 bits per heavy atom. The fourth-order valence-corrected chi connectivity index (χ4v) is 3.76. The monoisotopic (exact) mass is 228 g/mol. The van der Waals surface area contributed by atoms with Crippen LogP contribution in [0.2, 0.25) is 0 Å². The molecule has 0 spiro atoms. The molecule has 2 heterocycles. The van der Waals surface area contributed by atoms with E-state index in [0.29, 0.717) is 11.8 Å². The molecular formula is C13H16N4. The smallest absolute Gasteiger partial charge is 0.177 e. The quantitative estimate of drug-likeness (QED) is 0.782. The summed E-state index contributed by atoms with van der Waals surface area (Å²) in [4.78, 5) is 12.3. The van der Waals surface area contributed by atoms with Crippen LogP contribution < -0.4 is 5.73 Å². The Kier molecular flexibility index (Phi) is 1.86. The summed E-state index contributed by atoms with van der Waals surface area (Å²) in [6, 6.07) is 4.25. The number of aromatic amines is 1. The second kappa shape index (κ2) is 3.29. The van der Waals surface area contributed by atoms with Crippen molar-refractivity contribution < 1.29 is 0 Å². The lowest BCUT2D eigenvalue weighted by Gasteiger charge is -2.26. The van der Waals surface area contributed by atoms with Gasteiger partial charge in [-0.1, -0.05) is 0 Å². The van der Waals surface area contributed by atoms with Crippen LogP contribution in [0.25, 0.3) is 11.2 Å². The molecule has 2 aliphatic carbocycles. The van der Waals surface area contributed by atoms with Gasteiger partial charge in [0.25, 0.3) is 0 Å². The second-order valence-electron chi connectivity index (χ2n) is 5.43. The van der Waals surface area contributed by atoms with Crippen LogP contribution in [-0.4, -0.2) is 21.0 Å². The lowest BCUT2D eigenvalue weighted by atomic mass is 9.84. The molecule has 2 saturated carbocycles. The molecule has 4 unspecified atom stereocenters. The van der Waals surface area contributed by atoms with Gasteiger partial charge in [-0.05, 0) is 43.2 Å². The molecule has 17 heavy (non-hydrogen) atoms. The summed E-state index contributed by atoms with van der Waals surface area (Å²) < 4.78 is 0. The lowest BCUT2D eigenvalue weighted by molar-refractivity contribution is 0.356. The van der Waals surface area contributed by atoms with Crippen molar-refractivity contribution in [3.05, 3.63) is 24.2 Å². The van der Waals surface area contributed by atoms with Gasteiger partial charge in [0.2, 0.25) is 0 Å². The first-order valence-corrected chi connectivity index (χ1v) is 6.39. The van der Waals surface area contributed by atoms with Gasteiger partial charge in [0.05, 0.1) is 5.52 Å². The molecule has 2 aromatic heterocycles. The lowest BCUT2D eigenvalue weighted by Crippen LogP contribution is -2.34. The first-order valence-electron chi connectivity index (χ1n) is 6.39. The second-order valence-corrected chi connectivity index (χ2v) is 5.43. The van der Waals surface area contributed by atoms with E-state index in [4.69, 9.17) is 5.73 Å². The predicted molar refractivity (Wildman–Crippen MR) is 65.4 cm³/mol. The summed E-state index contributed by atoms with van der Waals surface area (Å²) in [5, 5.41) is 0. The zero-order valence-electron chi connectivity index (χ0n) is 9.63. The molecular weight excluding hydrogens is 212 g/mol. The largest absolute Gasteiger partial charge is 0.340 e. The van der Waals surface area contributed by atoms with Gasteiger partial charge in [-0.2, -0.15) is 0 Å². The molecule has 0 radical (unpaired) electrons. The molecule has 0 aromatic carbocycles. The number of H-pyrrole nitrogens is 1. The number of pyridine rings is 1. The van der Waals surface area contributed by atoms with Crippen LogP contribution in [0.5, 0.6) is 0 Å². The number of fused-ring (bicyclic) bond motifs is 3. The summed E-state index contributed by atoms with van der Waals surface area (Å²) in [6.07, 6.45) is 5.69. The van der Waals surface area contributed by atoms with Crippen LogP contribution in [0.15, 0.2) is 18.3 Å². The predicted octanol–water partition coefficient (Wildman–Crippen LogP) is 1.80. The maximum Gasteiger partial charge on any atom is 0.177 e. The highest BCUT2D eigenvalue weighted by Crippen LogP contribution is 2.51. The maximum atomic E-state index is 6.34. The van der Waals surface area contributed by atoms with Crippen LogP contribution in [0.4, 0.5) is 0 Å². The molecule has 4 rings (SSSR count). The molecule has 2 aliphatic rings. The Morgan fingerprint density at radius 2 is 2.18 bits per heavy atom. The van der Waals surface area contributed by atoms with Gasteiger partial charge in [0.15, 0.2) is 5.65 Å². The van der Waals surface area contributed by atoms with Crippen LogP contribution in [-0.2, 0) is 0 Å². The van der Waals surface area contributed by atoms with E-state index in [0.717, 1.165) is 22.9 Å². The summed E-state index contributed by atoms with van der Waals surface area (Å²) in [5.74, 6) is 2.92. The van der Waals surface area contributed by atoms with E-state index in [9.17, 15) is 0 Å². The highest BCUT2D eigenvalue weighted by molar-refractivity contribution is 5.70. The fourth-order valence-electron chi connectivity index (χ4n) is 3.76.